The Kier molecular flexibility index (Phi) is 3.91. The molecule has 0 aliphatic heterocycles. The maximum atomic E-state index is 11.4. The molecule has 1 unspecified atom stereocenters. The number of benzene rings is 1. The molecule has 0 aliphatic rings. The van der Waals surface area contributed by atoms with E-state index in [-0.39, 0.29) is 5.69 Å². The van der Waals surface area contributed by atoms with Gasteiger partial charge in [0.05, 0.1) is 11.0 Å². The molecule has 0 radical (unpaired) electrons. The van der Waals surface area contributed by atoms with Gasteiger partial charge in [0, 0.05) is 16.6 Å². The summed E-state index contributed by atoms with van der Waals surface area (Å²) in [6, 6.07) is 4.35. The Labute approximate surface area is 92.8 Å². The van der Waals surface area contributed by atoms with Gasteiger partial charge in [-0.1, -0.05) is 15.9 Å². The minimum Gasteiger partial charge on any atom is -0.611 e. The van der Waals surface area contributed by atoms with E-state index in [1.807, 2.05) is 0 Å². The third-order valence-electron chi connectivity index (χ3n) is 1.59. The van der Waals surface area contributed by atoms with E-state index in [1.54, 1.807) is 13.0 Å². The minimum atomic E-state index is -1.16. The molecule has 0 saturated carbocycles. The number of hydrogen-bond donors (Lipinski definition) is 0. The molecule has 1 rings (SSSR count). The van der Waals surface area contributed by atoms with Crippen LogP contribution in [0.5, 0.6) is 0 Å². The van der Waals surface area contributed by atoms with Crippen molar-refractivity contribution in [3.63, 3.8) is 0 Å². The van der Waals surface area contributed by atoms with Crippen LogP contribution < -0.4 is 0 Å². The number of hydrogen-bond acceptors (Lipinski definition) is 3. The van der Waals surface area contributed by atoms with Crippen LogP contribution in [0, 0.1) is 10.1 Å². The van der Waals surface area contributed by atoms with Gasteiger partial charge in [-0.15, -0.1) is 0 Å². The highest BCUT2D eigenvalue weighted by Crippen LogP contribution is 2.24. The lowest BCUT2D eigenvalue weighted by Crippen LogP contribution is -2.04. The molecular weight excluding hydrogens is 270 g/mol. The van der Waals surface area contributed by atoms with Crippen molar-refractivity contribution in [2.75, 3.05) is 5.75 Å². The van der Waals surface area contributed by atoms with Crippen LogP contribution in [0.15, 0.2) is 27.6 Å². The second-order valence-electron chi connectivity index (χ2n) is 2.54. The van der Waals surface area contributed by atoms with E-state index in [0.717, 1.165) is 0 Å². The van der Waals surface area contributed by atoms with Crippen LogP contribution in [0.25, 0.3) is 0 Å². The predicted octanol–water partition coefficient (Wildman–Crippen LogP) is 2.48. The standard InChI is InChI=1S/C8H8BrNO3S/c1-2-14(13)8-4-6(9)3-7(5-8)10(11)12/h3-5H,2H2,1H3. The zero-order valence-electron chi connectivity index (χ0n) is 7.40. The van der Waals surface area contributed by atoms with Gasteiger partial charge in [-0.25, -0.2) is 0 Å². The maximum absolute atomic E-state index is 11.4. The minimum absolute atomic E-state index is 0.0452. The first-order valence-corrected chi connectivity index (χ1v) is 5.99. The second kappa shape index (κ2) is 4.77. The normalized spacial score (nSPS) is 12.5. The highest BCUT2D eigenvalue weighted by molar-refractivity contribution is 9.10. The van der Waals surface area contributed by atoms with Gasteiger partial charge in [0.1, 0.15) is 5.75 Å². The van der Waals surface area contributed by atoms with Crippen LogP contribution in [-0.4, -0.2) is 15.2 Å². The topological polar surface area (TPSA) is 66.2 Å². The van der Waals surface area contributed by atoms with Crippen molar-refractivity contribution in [1.29, 1.82) is 0 Å². The summed E-state index contributed by atoms with van der Waals surface area (Å²) in [6.45, 7) is 1.77. The Bertz CT molecular complexity index is 358. The first kappa shape index (κ1) is 11.5. The predicted molar refractivity (Wildman–Crippen MR) is 57.7 cm³/mol. The van der Waals surface area contributed by atoms with Crippen LogP contribution in [0.4, 0.5) is 5.69 Å². The Morgan fingerprint density at radius 3 is 2.64 bits per heavy atom. The molecule has 1 atom stereocenters. The highest BCUT2D eigenvalue weighted by Gasteiger charge is 2.15. The quantitative estimate of drug-likeness (QED) is 0.484. The van der Waals surface area contributed by atoms with Gasteiger partial charge in [0.15, 0.2) is 4.90 Å². The SMILES string of the molecule is CC[S+]([O-])c1cc(Br)cc([N+](=O)[O-])c1. The number of nitro benzene ring substituents is 1. The van der Waals surface area contributed by atoms with E-state index in [0.29, 0.717) is 15.1 Å². The Balaban J connectivity index is 3.13. The molecule has 1 aromatic carbocycles. The van der Waals surface area contributed by atoms with Gasteiger partial charge in [-0.05, 0) is 18.1 Å². The number of halogens is 1. The lowest BCUT2D eigenvalue weighted by atomic mass is 10.3. The van der Waals surface area contributed by atoms with Gasteiger partial charge < -0.3 is 4.55 Å². The molecule has 1 aromatic rings. The van der Waals surface area contributed by atoms with E-state index in [1.165, 1.54) is 12.1 Å². The molecule has 0 fully saturated rings. The summed E-state index contributed by atoms with van der Waals surface area (Å²) in [5.74, 6) is 0.452. The third kappa shape index (κ3) is 2.70. The Morgan fingerprint density at radius 2 is 2.14 bits per heavy atom. The van der Waals surface area contributed by atoms with Gasteiger partial charge >= 0.3 is 0 Å². The lowest BCUT2D eigenvalue weighted by Gasteiger charge is -2.07. The molecule has 4 nitrogen and oxygen atoms in total. The molecule has 0 saturated heterocycles. The molecule has 76 valence electrons. The Hall–Kier alpha value is -0.590. The van der Waals surface area contributed by atoms with Crippen LogP contribution in [0.3, 0.4) is 0 Å². The van der Waals surface area contributed by atoms with E-state index < -0.39 is 16.1 Å². The average Bonchev–Trinajstić information content (AvgIpc) is 2.15. The molecule has 0 N–H and O–H groups in total. The summed E-state index contributed by atoms with van der Waals surface area (Å²) in [7, 11) is 0. The zero-order valence-corrected chi connectivity index (χ0v) is 9.80. The van der Waals surface area contributed by atoms with Crippen LogP contribution >= 0.6 is 15.9 Å². The Morgan fingerprint density at radius 1 is 1.50 bits per heavy atom. The molecule has 0 spiro atoms. The summed E-state index contributed by atoms with van der Waals surface area (Å²) in [4.78, 5) is 10.5. The molecule has 0 aliphatic carbocycles. The monoisotopic (exact) mass is 277 g/mol. The van der Waals surface area contributed by atoms with Crippen molar-refractivity contribution in [2.45, 2.75) is 11.8 Å². The van der Waals surface area contributed by atoms with Gasteiger partial charge in [-0.3, -0.25) is 10.1 Å². The van der Waals surface area contributed by atoms with E-state index in [4.69, 9.17) is 0 Å². The van der Waals surface area contributed by atoms with Crippen molar-refractivity contribution >= 4 is 32.8 Å². The number of rotatable bonds is 3. The molecule has 6 heteroatoms. The summed E-state index contributed by atoms with van der Waals surface area (Å²) in [5.41, 5.74) is -0.0452. The second-order valence-corrected chi connectivity index (χ2v) is 5.19. The fourth-order valence-electron chi connectivity index (χ4n) is 0.951. The smallest absolute Gasteiger partial charge is 0.275 e. The molecule has 0 amide bonds. The van der Waals surface area contributed by atoms with Gasteiger partial charge in [0.25, 0.3) is 5.69 Å². The molecular formula is C8H8BrNO3S. The number of non-ortho nitro benzene ring substituents is 1. The fourth-order valence-corrected chi connectivity index (χ4v) is 2.43. The van der Waals surface area contributed by atoms with Crippen molar-refractivity contribution in [1.82, 2.24) is 0 Å². The first-order chi connectivity index (χ1) is 6.54. The zero-order chi connectivity index (χ0) is 10.7. The summed E-state index contributed by atoms with van der Waals surface area (Å²) in [6.07, 6.45) is 0. The largest absolute Gasteiger partial charge is 0.611 e. The lowest BCUT2D eigenvalue weighted by molar-refractivity contribution is -0.385. The molecule has 0 heterocycles. The molecule has 0 aromatic heterocycles. The number of nitro groups is 1. The first-order valence-electron chi connectivity index (χ1n) is 3.88. The van der Waals surface area contributed by atoms with Crippen LogP contribution in [0.1, 0.15) is 6.92 Å². The van der Waals surface area contributed by atoms with E-state index in [9.17, 15) is 14.7 Å². The van der Waals surface area contributed by atoms with E-state index >= 15 is 0 Å². The average molecular weight is 278 g/mol. The van der Waals surface area contributed by atoms with Crippen molar-refractivity contribution < 1.29 is 9.48 Å². The maximum Gasteiger partial charge on any atom is 0.275 e. The van der Waals surface area contributed by atoms with Gasteiger partial charge in [-0.2, -0.15) is 0 Å². The summed E-state index contributed by atoms with van der Waals surface area (Å²) in [5, 5.41) is 10.5. The highest BCUT2D eigenvalue weighted by atomic mass is 79.9. The fraction of sp³-hybridized carbons (Fsp3) is 0.250. The third-order valence-corrected chi connectivity index (χ3v) is 3.34. The van der Waals surface area contributed by atoms with Crippen molar-refractivity contribution in [3.8, 4) is 0 Å². The van der Waals surface area contributed by atoms with E-state index in [2.05, 4.69) is 15.9 Å². The van der Waals surface area contributed by atoms with Crippen LogP contribution in [-0.2, 0) is 11.2 Å². The molecule has 0 bridgehead atoms. The van der Waals surface area contributed by atoms with Crippen molar-refractivity contribution in [3.05, 3.63) is 32.8 Å². The van der Waals surface area contributed by atoms with Crippen molar-refractivity contribution in [2.24, 2.45) is 0 Å². The van der Waals surface area contributed by atoms with Crippen LogP contribution in [0.2, 0.25) is 0 Å². The number of nitrogens with zero attached hydrogens (tertiary/aromatic N) is 1. The molecule has 14 heavy (non-hydrogen) atoms. The van der Waals surface area contributed by atoms with Gasteiger partial charge in [0.2, 0.25) is 0 Å². The summed E-state index contributed by atoms with van der Waals surface area (Å²) >= 11 is 1.98. The summed E-state index contributed by atoms with van der Waals surface area (Å²) < 4.78 is 12.0.